The Labute approximate surface area is 158 Å². The number of nitrogens with zero attached hydrogens (tertiary/aromatic N) is 1. The molecule has 2 amide bonds. The molecule has 1 atom stereocenters. The van der Waals surface area contributed by atoms with E-state index in [2.05, 4.69) is 4.74 Å². The Hall–Kier alpha value is -3.16. The van der Waals surface area contributed by atoms with Crippen molar-refractivity contribution in [2.45, 2.75) is 12.8 Å². The van der Waals surface area contributed by atoms with Crippen LogP contribution in [0.25, 0.3) is 0 Å². The Bertz CT molecular complexity index is 925. The maximum Gasteiger partial charge on any atom is 0.305 e. The lowest BCUT2D eigenvalue weighted by Crippen LogP contribution is -2.36. The van der Waals surface area contributed by atoms with Gasteiger partial charge in [0, 0.05) is 12.6 Å². The van der Waals surface area contributed by atoms with Crippen molar-refractivity contribution < 1.29 is 32.3 Å². The van der Waals surface area contributed by atoms with Crippen LogP contribution < -0.4 is 0 Å². The molecule has 0 unspecified atom stereocenters. The first-order chi connectivity index (χ1) is 13.3. The zero-order valence-corrected chi connectivity index (χ0v) is 14.9. The van der Waals surface area contributed by atoms with Gasteiger partial charge in [-0.15, -0.1) is 0 Å². The summed E-state index contributed by atoms with van der Waals surface area (Å²) >= 11 is 0. The molecule has 0 N–H and O–H groups in total. The second-order valence-corrected chi connectivity index (χ2v) is 6.47. The van der Waals surface area contributed by atoms with E-state index in [4.69, 9.17) is 0 Å². The Morgan fingerprint density at radius 3 is 2.14 bits per heavy atom. The molecule has 1 aliphatic rings. The largest absolute Gasteiger partial charge is 0.469 e. The van der Waals surface area contributed by atoms with Gasteiger partial charge in [-0.1, -0.05) is 12.1 Å². The zero-order valence-electron chi connectivity index (χ0n) is 14.9. The fraction of sp³-hybridized carbons (Fsp3) is 0.250. The van der Waals surface area contributed by atoms with Gasteiger partial charge in [0.2, 0.25) is 0 Å². The van der Waals surface area contributed by atoms with Crippen molar-refractivity contribution in [2.75, 3.05) is 13.7 Å². The molecule has 28 heavy (non-hydrogen) atoms. The first kappa shape index (κ1) is 19.6. The predicted molar refractivity (Wildman–Crippen MR) is 92.0 cm³/mol. The third-order valence-electron chi connectivity index (χ3n) is 4.60. The van der Waals surface area contributed by atoms with Crippen molar-refractivity contribution in [3.63, 3.8) is 0 Å². The molecular weight excluding hydrogens is 375 g/mol. The molecule has 5 nitrogen and oxygen atoms in total. The van der Waals surface area contributed by atoms with Gasteiger partial charge in [-0.2, -0.15) is 0 Å². The monoisotopic (exact) mass is 391 g/mol. The normalized spacial score (nSPS) is 14.2. The van der Waals surface area contributed by atoms with E-state index < -0.39 is 41.2 Å². The maximum atomic E-state index is 14.0. The van der Waals surface area contributed by atoms with Crippen molar-refractivity contribution in [1.29, 1.82) is 0 Å². The third-order valence-corrected chi connectivity index (χ3v) is 4.60. The average Bonchev–Trinajstić information content (AvgIpc) is 2.91. The lowest BCUT2D eigenvalue weighted by molar-refractivity contribution is -0.141. The Balaban J connectivity index is 1.85. The van der Waals surface area contributed by atoms with E-state index in [0.717, 1.165) is 4.90 Å². The number of methoxy groups -OCH3 is 1. The number of amides is 2. The quantitative estimate of drug-likeness (QED) is 0.431. The number of benzene rings is 2. The fourth-order valence-corrected chi connectivity index (χ4v) is 3.21. The summed E-state index contributed by atoms with van der Waals surface area (Å²) in [5, 5.41) is 0. The molecule has 3 rings (SSSR count). The molecule has 0 aliphatic carbocycles. The summed E-state index contributed by atoms with van der Waals surface area (Å²) in [4.78, 5) is 37.7. The maximum absolute atomic E-state index is 14.0. The lowest BCUT2D eigenvalue weighted by Gasteiger charge is -2.22. The Morgan fingerprint density at radius 2 is 1.57 bits per heavy atom. The van der Waals surface area contributed by atoms with E-state index in [9.17, 15) is 27.6 Å². The van der Waals surface area contributed by atoms with Crippen LogP contribution in [0.5, 0.6) is 0 Å². The van der Waals surface area contributed by atoms with E-state index in [0.29, 0.717) is 12.1 Å². The molecular formula is C20H16F3NO4. The van der Waals surface area contributed by atoms with Gasteiger partial charge in [0.05, 0.1) is 24.7 Å². The average molecular weight is 391 g/mol. The van der Waals surface area contributed by atoms with Crippen LogP contribution in [0.2, 0.25) is 0 Å². The van der Waals surface area contributed by atoms with Crippen LogP contribution in [0.1, 0.15) is 32.7 Å². The zero-order chi connectivity index (χ0) is 20.4. The molecule has 0 spiro atoms. The first-order valence-corrected chi connectivity index (χ1v) is 8.47. The van der Waals surface area contributed by atoms with Crippen molar-refractivity contribution >= 4 is 17.8 Å². The minimum Gasteiger partial charge on any atom is -0.469 e. The molecule has 0 bridgehead atoms. The first-order valence-electron chi connectivity index (χ1n) is 8.47. The molecule has 0 radical (unpaired) electrons. The summed E-state index contributed by atoms with van der Waals surface area (Å²) in [5.41, 5.74) is 0.316. The van der Waals surface area contributed by atoms with Gasteiger partial charge in [-0.05, 0) is 36.1 Å². The summed E-state index contributed by atoms with van der Waals surface area (Å²) in [6.07, 6.45) is -0.423. The van der Waals surface area contributed by atoms with E-state index in [1.54, 1.807) is 12.1 Å². The highest BCUT2D eigenvalue weighted by Gasteiger charge is 2.37. The van der Waals surface area contributed by atoms with Crippen molar-refractivity contribution in [2.24, 2.45) is 5.92 Å². The fourth-order valence-electron chi connectivity index (χ4n) is 3.21. The summed E-state index contributed by atoms with van der Waals surface area (Å²) in [6, 6.07) is 7.39. The topological polar surface area (TPSA) is 63.7 Å². The molecule has 0 saturated carbocycles. The summed E-state index contributed by atoms with van der Waals surface area (Å²) < 4.78 is 45.3. The Kier molecular flexibility index (Phi) is 5.48. The molecule has 1 aliphatic heterocycles. The summed E-state index contributed by atoms with van der Waals surface area (Å²) in [5.74, 6) is -5.96. The van der Waals surface area contributed by atoms with Crippen LogP contribution in [0.3, 0.4) is 0 Å². The summed E-state index contributed by atoms with van der Waals surface area (Å²) in [6.45, 7) is -0.195. The minimum absolute atomic E-state index is 0.163. The third kappa shape index (κ3) is 3.76. The number of hydrogen-bond acceptors (Lipinski definition) is 4. The number of ether oxygens (including phenoxy) is 1. The van der Waals surface area contributed by atoms with Gasteiger partial charge in [-0.3, -0.25) is 19.3 Å². The van der Waals surface area contributed by atoms with Crippen LogP contribution in [-0.4, -0.2) is 36.3 Å². The number of imide groups is 1. The van der Waals surface area contributed by atoms with Gasteiger partial charge in [0.15, 0.2) is 11.6 Å². The van der Waals surface area contributed by atoms with Crippen LogP contribution in [-0.2, 0) is 16.0 Å². The molecule has 0 aromatic heterocycles. The summed E-state index contributed by atoms with van der Waals surface area (Å²) in [7, 11) is 1.17. The van der Waals surface area contributed by atoms with Crippen LogP contribution >= 0.6 is 0 Å². The molecule has 2 aromatic rings. The van der Waals surface area contributed by atoms with Crippen LogP contribution in [0, 0.1) is 23.4 Å². The van der Waals surface area contributed by atoms with E-state index in [1.165, 1.54) is 19.2 Å². The standard InChI is InChI=1S/C20H16F3NO4/c1-28-18(25)7-11(6-12-8-16(22)17(23)9-15(12)21)10-24-19(26)13-4-2-3-5-14(13)20(24)27/h2-5,8-9,11H,6-7,10H2,1H3/t11-/m1/s1. The molecule has 0 saturated heterocycles. The number of rotatable bonds is 6. The number of carbonyl (C=O) groups excluding carboxylic acids is 3. The van der Waals surface area contributed by atoms with E-state index in [1.807, 2.05) is 0 Å². The van der Waals surface area contributed by atoms with Gasteiger partial charge >= 0.3 is 5.97 Å². The van der Waals surface area contributed by atoms with Gasteiger partial charge in [0.25, 0.3) is 11.8 Å². The number of fused-ring (bicyclic) bond motifs is 1. The lowest BCUT2D eigenvalue weighted by atomic mass is 9.95. The molecule has 1 heterocycles. The molecule has 8 heteroatoms. The number of esters is 1. The van der Waals surface area contributed by atoms with Gasteiger partial charge in [0.1, 0.15) is 5.82 Å². The molecule has 146 valence electrons. The van der Waals surface area contributed by atoms with Crippen LogP contribution in [0.4, 0.5) is 13.2 Å². The highest BCUT2D eigenvalue weighted by atomic mass is 19.2. The highest BCUT2D eigenvalue weighted by molar-refractivity contribution is 6.21. The smallest absolute Gasteiger partial charge is 0.305 e. The van der Waals surface area contributed by atoms with Gasteiger partial charge < -0.3 is 4.74 Å². The second-order valence-electron chi connectivity index (χ2n) is 6.47. The molecule has 0 fully saturated rings. The van der Waals surface area contributed by atoms with E-state index >= 15 is 0 Å². The van der Waals surface area contributed by atoms with Crippen molar-refractivity contribution in [3.8, 4) is 0 Å². The van der Waals surface area contributed by atoms with Crippen LogP contribution in [0.15, 0.2) is 36.4 Å². The molecule has 2 aromatic carbocycles. The number of carbonyl (C=O) groups is 3. The predicted octanol–water partition coefficient (Wildman–Crippen LogP) is 3.12. The van der Waals surface area contributed by atoms with Crippen molar-refractivity contribution in [1.82, 2.24) is 4.90 Å². The highest BCUT2D eigenvalue weighted by Crippen LogP contribution is 2.26. The van der Waals surface area contributed by atoms with Crippen molar-refractivity contribution in [3.05, 3.63) is 70.5 Å². The number of halogens is 3. The minimum atomic E-state index is -1.33. The van der Waals surface area contributed by atoms with Gasteiger partial charge in [-0.25, -0.2) is 13.2 Å². The Morgan fingerprint density at radius 1 is 1.00 bits per heavy atom. The SMILES string of the molecule is COC(=O)C[C@@H](Cc1cc(F)c(F)cc1F)CN1C(=O)c2ccccc2C1=O. The second kappa shape index (κ2) is 7.84. The van der Waals surface area contributed by atoms with E-state index in [-0.39, 0.29) is 36.1 Å². The number of hydrogen-bond donors (Lipinski definition) is 0.